The van der Waals surface area contributed by atoms with Crippen LogP contribution in [0, 0.1) is 35.5 Å². The summed E-state index contributed by atoms with van der Waals surface area (Å²) in [6, 6.07) is 16.3. The second-order valence-corrected chi connectivity index (χ2v) is 9.85. The molecule has 0 N–H and O–H groups in total. The number of hydrogen-bond donors (Lipinski definition) is 0. The summed E-state index contributed by atoms with van der Waals surface area (Å²) in [5.41, 5.74) is 2.56. The molecule has 3 fully saturated rings. The fourth-order valence-corrected chi connectivity index (χ4v) is 7.31. The molecule has 7 rings (SSSR count). The number of ketones is 3. The topological polar surface area (TPSA) is 54.5 Å². The molecule has 0 aromatic heterocycles. The normalized spacial score (nSPS) is 37.8. The van der Waals surface area contributed by atoms with Gasteiger partial charge < -0.3 is 4.90 Å². The van der Waals surface area contributed by atoms with Crippen molar-refractivity contribution < 1.29 is 14.4 Å². The summed E-state index contributed by atoms with van der Waals surface area (Å²) in [6.07, 6.45) is 9.27. The second kappa shape index (κ2) is 6.38. The first-order valence-electron chi connectivity index (χ1n) is 11.6. The predicted molar refractivity (Wildman–Crippen MR) is 121 cm³/mol. The lowest BCUT2D eigenvalue weighted by Gasteiger charge is -2.38. The first-order chi connectivity index (χ1) is 15.6. The number of carbonyl (C=O) groups excluding carboxylic acids is 3. The van der Waals surface area contributed by atoms with Gasteiger partial charge in [0.1, 0.15) is 17.6 Å². The maximum Gasteiger partial charge on any atom is 0.186 e. The van der Waals surface area contributed by atoms with E-state index in [1.165, 1.54) is 0 Å². The number of Topliss-reactive ketones (excluding diaryl/α,β-unsaturated/α-hetero) is 3. The summed E-state index contributed by atoms with van der Waals surface area (Å²) in [7, 11) is 0. The number of benzene rings is 2. The van der Waals surface area contributed by atoms with E-state index in [0.29, 0.717) is 5.56 Å². The maximum absolute atomic E-state index is 14.0. The van der Waals surface area contributed by atoms with Crippen LogP contribution in [0.25, 0.3) is 6.08 Å². The Bertz CT molecular complexity index is 1230. The number of allylic oxidation sites excluding steroid dienone is 2. The highest BCUT2D eigenvalue weighted by Crippen LogP contribution is 2.58. The van der Waals surface area contributed by atoms with Crippen molar-refractivity contribution in [3.05, 3.63) is 84.0 Å². The summed E-state index contributed by atoms with van der Waals surface area (Å²) in [6.45, 7) is 0. The summed E-state index contributed by atoms with van der Waals surface area (Å²) in [4.78, 5) is 44.0. The molecule has 32 heavy (non-hydrogen) atoms. The Hall–Kier alpha value is -3.27. The zero-order chi connectivity index (χ0) is 21.6. The Kier molecular flexibility index (Phi) is 3.65. The quantitative estimate of drug-likeness (QED) is 0.544. The minimum Gasteiger partial charge on any atom is -0.353 e. The van der Waals surface area contributed by atoms with Gasteiger partial charge in [0, 0.05) is 23.1 Å². The van der Waals surface area contributed by atoms with Crippen LogP contribution in [-0.4, -0.2) is 29.4 Å². The van der Waals surface area contributed by atoms with Gasteiger partial charge in [0.2, 0.25) is 0 Å². The highest BCUT2D eigenvalue weighted by atomic mass is 16.2. The first kappa shape index (κ1) is 18.3. The van der Waals surface area contributed by atoms with Crippen molar-refractivity contribution in [1.82, 2.24) is 0 Å². The van der Waals surface area contributed by atoms with Crippen LogP contribution >= 0.6 is 0 Å². The molecule has 158 valence electrons. The average molecular weight is 421 g/mol. The zero-order valence-electron chi connectivity index (χ0n) is 17.5. The monoisotopic (exact) mass is 421 g/mol. The third kappa shape index (κ3) is 2.20. The van der Waals surface area contributed by atoms with Crippen molar-refractivity contribution in [3.63, 3.8) is 0 Å². The molecule has 2 saturated carbocycles. The maximum atomic E-state index is 14.0. The fraction of sp³-hybridized carbons (Fsp3) is 0.321. The summed E-state index contributed by atoms with van der Waals surface area (Å²) in [5, 5.41) is 0. The van der Waals surface area contributed by atoms with Crippen molar-refractivity contribution in [2.75, 3.05) is 4.90 Å². The smallest absolute Gasteiger partial charge is 0.186 e. The van der Waals surface area contributed by atoms with Crippen molar-refractivity contribution in [1.29, 1.82) is 0 Å². The van der Waals surface area contributed by atoms with Gasteiger partial charge in [0.25, 0.3) is 0 Å². The Morgan fingerprint density at radius 3 is 2.16 bits per heavy atom. The van der Waals surface area contributed by atoms with Gasteiger partial charge in [-0.15, -0.1) is 0 Å². The van der Waals surface area contributed by atoms with Crippen molar-refractivity contribution in [2.45, 2.75) is 18.5 Å². The molecule has 0 spiro atoms. The Labute approximate surface area is 186 Å². The van der Waals surface area contributed by atoms with Gasteiger partial charge >= 0.3 is 0 Å². The van der Waals surface area contributed by atoms with Crippen LogP contribution in [0.2, 0.25) is 0 Å². The number of fused-ring (bicyclic) bond motifs is 10. The number of nitrogens with zero attached hydrogens (tertiary/aromatic N) is 1. The van der Waals surface area contributed by atoms with Gasteiger partial charge in [-0.25, -0.2) is 0 Å². The van der Waals surface area contributed by atoms with E-state index >= 15 is 0 Å². The molecular weight excluding hydrogens is 398 g/mol. The first-order valence-corrected chi connectivity index (χ1v) is 11.6. The van der Waals surface area contributed by atoms with E-state index in [1.54, 1.807) is 0 Å². The summed E-state index contributed by atoms with van der Waals surface area (Å²) < 4.78 is 0. The van der Waals surface area contributed by atoms with Crippen LogP contribution in [0.3, 0.4) is 0 Å². The molecule has 5 aliphatic rings. The lowest BCUT2D eigenvalue weighted by molar-refractivity contribution is -0.146. The molecule has 0 amide bonds. The molecule has 2 aromatic rings. The largest absolute Gasteiger partial charge is 0.353 e. The minimum absolute atomic E-state index is 0.0634. The van der Waals surface area contributed by atoms with Gasteiger partial charge in [0.15, 0.2) is 5.78 Å². The second-order valence-electron chi connectivity index (χ2n) is 9.85. The van der Waals surface area contributed by atoms with Crippen molar-refractivity contribution in [2.24, 2.45) is 35.5 Å². The molecule has 8 atom stereocenters. The molecule has 2 aromatic carbocycles. The Morgan fingerprint density at radius 1 is 0.750 bits per heavy atom. The van der Waals surface area contributed by atoms with E-state index in [-0.39, 0.29) is 47.1 Å². The number of hydrogen-bond acceptors (Lipinski definition) is 4. The van der Waals surface area contributed by atoms with E-state index in [2.05, 4.69) is 17.1 Å². The molecule has 0 unspecified atom stereocenters. The van der Waals surface area contributed by atoms with Gasteiger partial charge in [0.05, 0.1) is 17.9 Å². The third-order valence-corrected chi connectivity index (χ3v) is 8.50. The van der Waals surface area contributed by atoms with Crippen LogP contribution in [0.5, 0.6) is 0 Å². The molecule has 1 saturated heterocycles. The van der Waals surface area contributed by atoms with E-state index in [4.69, 9.17) is 0 Å². The van der Waals surface area contributed by atoms with E-state index in [0.717, 1.165) is 17.7 Å². The fourth-order valence-electron chi connectivity index (χ4n) is 7.31. The Balaban J connectivity index is 1.41. The number of rotatable bonds is 2. The highest BCUT2D eigenvalue weighted by Gasteiger charge is 2.67. The number of carbonyl (C=O) groups is 3. The lowest BCUT2D eigenvalue weighted by Crippen LogP contribution is -2.52. The predicted octanol–water partition coefficient (Wildman–Crippen LogP) is 3.98. The molecule has 3 aliphatic carbocycles. The van der Waals surface area contributed by atoms with E-state index in [9.17, 15) is 14.4 Å². The number of anilines is 1. The van der Waals surface area contributed by atoms with Crippen LogP contribution in [0.4, 0.5) is 5.69 Å². The molecule has 4 heteroatoms. The average Bonchev–Trinajstić information content (AvgIpc) is 3.54. The minimum atomic E-state index is -0.654. The summed E-state index contributed by atoms with van der Waals surface area (Å²) in [5.74, 6) is -0.933. The molecule has 2 heterocycles. The standard InChI is InChI=1S/C28H23NO3/c30-26(16-7-2-1-3-8-16)25-24-23(20-13-12-15-6-4-5-9-19(15)29(20)25)27(31)21-17-10-11-18(14-17)22(21)28(24)32/h1-13,17-18,20-25H,14H2/t17-,18+,20-,21+,22-,23-,24-,25+/m0/s1. The molecule has 2 bridgehead atoms. The van der Waals surface area contributed by atoms with Gasteiger partial charge in [-0.05, 0) is 29.9 Å². The number of para-hydroxylation sites is 1. The van der Waals surface area contributed by atoms with Crippen LogP contribution in [0.1, 0.15) is 22.3 Å². The van der Waals surface area contributed by atoms with Gasteiger partial charge in [-0.3, -0.25) is 14.4 Å². The van der Waals surface area contributed by atoms with Crippen LogP contribution < -0.4 is 4.90 Å². The Morgan fingerprint density at radius 2 is 1.41 bits per heavy atom. The van der Waals surface area contributed by atoms with Crippen LogP contribution in [0.15, 0.2) is 72.8 Å². The summed E-state index contributed by atoms with van der Waals surface area (Å²) >= 11 is 0. The van der Waals surface area contributed by atoms with Crippen molar-refractivity contribution >= 4 is 29.1 Å². The molecule has 4 nitrogen and oxygen atoms in total. The van der Waals surface area contributed by atoms with Crippen molar-refractivity contribution in [3.8, 4) is 0 Å². The van der Waals surface area contributed by atoms with Gasteiger partial charge in [-0.1, -0.05) is 72.8 Å². The zero-order valence-corrected chi connectivity index (χ0v) is 17.5. The van der Waals surface area contributed by atoms with Gasteiger partial charge in [-0.2, -0.15) is 0 Å². The third-order valence-electron chi connectivity index (χ3n) is 8.50. The van der Waals surface area contributed by atoms with E-state index in [1.807, 2.05) is 66.7 Å². The van der Waals surface area contributed by atoms with E-state index < -0.39 is 17.9 Å². The van der Waals surface area contributed by atoms with Crippen LogP contribution in [-0.2, 0) is 9.59 Å². The highest BCUT2D eigenvalue weighted by molar-refractivity contribution is 6.11. The molecular formula is C28H23NO3. The molecule has 2 aliphatic heterocycles. The lowest BCUT2D eigenvalue weighted by atomic mass is 9.61. The molecule has 0 radical (unpaired) electrons. The SMILES string of the molecule is O=C1[C@@H]2[C@H](C(=O)[C@@H]3[C@H]1[C@H]1C=C[C@@H]3C1)[C@H](C(=O)c1ccccc1)N1c3ccccc3C=C[C@@H]21.